The highest BCUT2D eigenvalue weighted by Crippen LogP contribution is 2.28. The number of aromatic nitrogens is 3. The number of ether oxygens (including phenoxy) is 1. The maximum Gasteiger partial charge on any atom is 0.274 e. The van der Waals surface area contributed by atoms with Crippen LogP contribution in [0.4, 0.5) is 4.39 Å². The zero-order valence-electron chi connectivity index (χ0n) is 19.5. The Labute approximate surface area is 198 Å². The van der Waals surface area contributed by atoms with E-state index in [0.29, 0.717) is 28.4 Å². The number of halogens is 1. The summed E-state index contributed by atoms with van der Waals surface area (Å²) in [6.45, 7) is 3.83. The predicted molar refractivity (Wildman–Crippen MR) is 131 cm³/mol. The van der Waals surface area contributed by atoms with E-state index in [1.165, 1.54) is 36.8 Å². The van der Waals surface area contributed by atoms with Crippen LogP contribution in [0.3, 0.4) is 0 Å². The van der Waals surface area contributed by atoms with Crippen LogP contribution >= 0.6 is 0 Å². The highest BCUT2D eigenvalue weighted by atomic mass is 19.1. The van der Waals surface area contributed by atoms with E-state index in [1.54, 1.807) is 18.4 Å². The number of fused-ring (bicyclic) bond motifs is 1. The summed E-state index contributed by atoms with van der Waals surface area (Å²) in [5.74, 6) is 6.40. The van der Waals surface area contributed by atoms with E-state index in [-0.39, 0.29) is 12.5 Å². The number of benzene rings is 2. The Balaban J connectivity index is 0.000000429. The lowest BCUT2D eigenvalue weighted by molar-refractivity contribution is 0.411. The molecule has 5 rings (SSSR count). The van der Waals surface area contributed by atoms with Crippen LogP contribution in [-0.4, -0.2) is 21.8 Å². The summed E-state index contributed by atoms with van der Waals surface area (Å²) in [4.78, 5) is 16.8. The maximum absolute atomic E-state index is 14.8. The standard InChI is InChI=1S/C23H21FN2O2.C4H5NO.H2/c1-15-7-10-20-19(11-15)25-14-23(27)26(20)21-13-18(24)17(12-22(21)28-2)9-8-16-5-3-4-6-16;1-4-2-3-6-5-4;/h7,10-14,16H,3-6H2,1-2H3;2-3H,1H3;1H. The lowest BCUT2D eigenvalue weighted by Gasteiger charge is -2.14. The third-order valence-corrected chi connectivity index (χ3v) is 5.75. The average molecular weight is 462 g/mol. The van der Waals surface area contributed by atoms with Crippen molar-refractivity contribution in [1.82, 2.24) is 14.7 Å². The van der Waals surface area contributed by atoms with Crippen molar-refractivity contribution in [2.75, 3.05) is 7.11 Å². The molecule has 2 aromatic carbocycles. The molecule has 0 radical (unpaired) electrons. The molecule has 4 aromatic rings. The van der Waals surface area contributed by atoms with Crippen molar-refractivity contribution in [1.29, 1.82) is 0 Å². The SMILES string of the molecule is COc1cc(C#CC2CCCC2)c(F)cc1-n1c(=O)cnc2cc(C)ccc21.Cc1ccon1.[HH]. The summed E-state index contributed by atoms with van der Waals surface area (Å²) in [7, 11) is 1.50. The van der Waals surface area contributed by atoms with Gasteiger partial charge >= 0.3 is 0 Å². The van der Waals surface area contributed by atoms with E-state index >= 15 is 0 Å². The van der Waals surface area contributed by atoms with Gasteiger partial charge in [-0.15, -0.1) is 0 Å². The van der Waals surface area contributed by atoms with Crippen LogP contribution in [0.5, 0.6) is 5.75 Å². The number of hydrogen-bond acceptors (Lipinski definition) is 5. The topological polar surface area (TPSA) is 70.2 Å². The van der Waals surface area contributed by atoms with Crippen LogP contribution in [0.1, 0.15) is 43.9 Å². The number of aryl methyl sites for hydroxylation is 2. The number of nitrogens with zero attached hydrogens (tertiary/aromatic N) is 3. The second-order valence-electron chi connectivity index (χ2n) is 8.32. The van der Waals surface area contributed by atoms with E-state index in [2.05, 4.69) is 26.5 Å². The van der Waals surface area contributed by atoms with Gasteiger partial charge in [-0.05, 0) is 44.4 Å². The minimum absolute atomic E-state index is 0. The first-order valence-corrected chi connectivity index (χ1v) is 11.2. The highest BCUT2D eigenvalue weighted by molar-refractivity contribution is 5.78. The molecule has 2 heterocycles. The van der Waals surface area contributed by atoms with E-state index in [0.717, 1.165) is 24.1 Å². The molecule has 2 aromatic heterocycles. The Kier molecular flexibility index (Phi) is 7.07. The van der Waals surface area contributed by atoms with Crippen molar-refractivity contribution in [2.24, 2.45) is 5.92 Å². The average Bonchev–Trinajstić information content (AvgIpc) is 3.53. The molecule has 0 unspecified atom stereocenters. The first-order chi connectivity index (χ1) is 16.5. The number of hydrogen-bond donors (Lipinski definition) is 0. The van der Waals surface area contributed by atoms with Gasteiger partial charge in [-0.1, -0.05) is 35.9 Å². The monoisotopic (exact) mass is 461 g/mol. The molecule has 0 saturated heterocycles. The molecule has 176 valence electrons. The Morgan fingerprint density at radius 1 is 1.18 bits per heavy atom. The molecule has 0 N–H and O–H groups in total. The molecule has 34 heavy (non-hydrogen) atoms. The Bertz CT molecular complexity index is 1420. The van der Waals surface area contributed by atoms with Crippen LogP contribution in [-0.2, 0) is 0 Å². The lowest BCUT2D eigenvalue weighted by Crippen LogP contribution is -2.19. The fraction of sp³-hybridized carbons (Fsp3) is 0.296. The summed E-state index contributed by atoms with van der Waals surface area (Å²) >= 11 is 0. The second-order valence-corrected chi connectivity index (χ2v) is 8.32. The fourth-order valence-corrected chi connectivity index (χ4v) is 3.98. The van der Waals surface area contributed by atoms with Gasteiger partial charge in [0.15, 0.2) is 0 Å². The summed E-state index contributed by atoms with van der Waals surface area (Å²) in [6.07, 6.45) is 7.30. The summed E-state index contributed by atoms with van der Waals surface area (Å²) in [5, 5.41) is 3.54. The summed E-state index contributed by atoms with van der Waals surface area (Å²) in [5.41, 5.74) is 3.49. The maximum atomic E-state index is 14.8. The van der Waals surface area contributed by atoms with Gasteiger partial charge in [0.2, 0.25) is 0 Å². The van der Waals surface area contributed by atoms with Gasteiger partial charge in [0.05, 0.1) is 41.3 Å². The predicted octanol–water partition coefficient (Wildman–Crippen LogP) is 5.61. The Morgan fingerprint density at radius 2 is 1.97 bits per heavy atom. The molecule has 1 aliphatic rings. The number of methoxy groups -OCH3 is 1. The van der Waals surface area contributed by atoms with Gasteiger partial charge in [0.1, 0.15) is 17.8 Å². The van der Waals surface area contributed by atoms with Crippen molar-refractivity contribution in [3.05, 3.63) is 81.9 Å². The molecule has 1 aliphatic carbocycles. The van der Waals surface area contributed by atoms with Crippen molar-refractivity contribution in [3.63, 3.8) is 0 Å². The molecular formula is C27H28FN3O3. The molecular weight excluding hydrogens is 433 g/mol. The Hall–Kier alpha value is -3.92. The normalized spacial score (nSPS) is 13.2. The fourth-order valence-electron chi connectivity index (χ4n) is 3.98. The molecule has 6 nitrogen and oxygen atoms in total. The van der Waals surface area contributed by atoms with Gasteiger partial charge in [-0.3, -0.25) is 9.36 Å². The van der Waals surface area contributed by atoms with Crippen molar-refractivity contribution >= 4 is 11.0 Å². The van der Waals surface area contributed by atoms with Gasteiger partial charge in [-0.25, -0.2) is 9.37 Å². The third kappa shape index (κ3) is 5.18. The molecule has 0 bridgehead atoms. The van der Waals surface area contributed by atoms with Crippen LogP contribution in [0.15, 0.2) is 58.2 Å². The van der Waals surface area contributed by atoms with Crippen molar-refractivity contribution < 1.29 is 15.1 Å². The molecule has 0 amide bonds. The van der Waals surface area contributed by atoms with E-state index in [4.69, 9.17) is 4.74 Å². The summed E-state index contributed by atoms with van der Waals surface area (Å²) < 4.78 is 26.2. The van der Waals surface area contributed by atoms with E-state index < -0.39 is 5.82 Å². The molecule has 0 atom stereocenters. The Morgan fingerprint density at radius 3 is 2.62 bits per heavy atom. The van der Waals surface area contributed by atoms with Crippen molar-refractivity contribution in [3.8, 4) is 23.3 Å². The minimum atomic E-state index is -0.467. The number of rotatable bonds is 2. The van der Waals surface area contributed by atoms with Gasteiger partial charge in [0.25, 0.3) is 5.56 Å². The quantitative estimate of drug-likeness (QED) is 0.363. The van der Waals surface area contributed by atoms with Crippen LogP contribution in [0.25, 0.3) is 16.7 Å². The van der Waals surface area contributed by atoms with E-state index in [1.807, 2.05) is 32.0 Å². The zero-order chi connectivity index (χ0) is 24.1. The van der Waals surface area contributed by atoms with Crippen molar-refractivity contribution in [2.45, 2.75) is 39.5 Å². The highest BCUT2D eigenvalue weighted by Gasteiger charge is 2.16. The van der Waals surface area contributed by atoms with Gasteiger partial charge in [0, 0.05) is 25.5 Å². The smallest absolute Gasteiger partial charge is 0.274 e. The zero-order valence-corrected chi connectivity index (χ0v) is 19.5. The molecule has 1 saturated carbocycles. The molecule has 0 spiro atoms. The molecule has 0 aliphatic heterocycles. The second kappa shape index (κ2) is 10.3. The van der Waals surface area contributed by atoms with E-state index in [9.17, 15) is 9.18 Å². The van der Waals surface area contributed by atoms with Crippen LogP contribution < -0.4 is 10.3 Å². The first kappa shape index (κ1) is 23.2. The largest absolute Gasteiger partial charge is 0.495 e. The molecule has 7 heteroatoms. The molecule has 1 fully saturated rings. The third-order valence-electron chi connectivity index (χ3n) is 5.75. The summed E-state index contributed by atoms with van der Waals surface area (Å²) in [6, 6.07) is 10.3. The first-order valence-electron chi connectivity index (χ1n) is 11.2. The lowest BCUT2D eigenvalue weighted by atomic mass is 10.1. The van der Waals surface area contributed by atoms with Gasteiger partial charge < -0.3 is 9.26 Å². The minimum Gasteiger partial charge on any atom is -0.495 e. The van der Waals surface area contributed by atoms with Crippen LogP contribution in [0.2, 0.25) is 0 Å². The van der Waals surface area contributed by atoms with Gasteiger partial charge in [-0.2, -0.15) is 0 Å². The van der Waals surface area contributed by atoms with Crippen LogP contribution in [0, 0.1) is 37.4 Å².